The number of aromatic nitrogens is 1. The van der Waals surface area contributed by atoms with Crippen LogP contribution in [0.2, 0.25) is 0 Å². The topological polar surface area (TPSA) is 22.1 Å². The minimum Gasteiger partial charge on any atom is -0.497 e. The van der Waals surface area contributed by atoms with Gasteiger partial charge in [-0.3, -0.25) is 0 Å². The second kappa shape index (κ2) is 4.46. The standard InChI is InChI=1S/C15H11F2NO/c1-19-9-6-7-10-11-4-2-3-5-13(11)18-14(15(16)17)12(10)8-9/h2-8,15H,1H3. The van der Waals surface area contributed by atoms with E-state index in [0.717, 1.165) is 10.8 Å². The van der Waals surface area contributed by atoms with Gasteiger partial charge in [0.15, 0.2) is 0 Å². The number of rotatable bonds is 2. The fourth-order valence-corrected chi connectivity index (χ4v) is 2.25. The predicted molar refractivity (Wildman–Crippen MR) is 70.8 cm³/mol. The molecule has 3 aromatic rings. The zero-order chi connectivity index (χ0) is 13.4. The third kappa shape index (κ3) is 1.89. The van der Waals surface area contributed by atoms with Gasteiger partial charge in [0, 0.05) is 10.8 Å². The van der Waals surface area contributed by atoms with Crippen molar-refractivity contribution in [2.75, 3.05) is 7.11 Å². The Labute approximate surface area is 108 Å². The van der Waals surface area contributed by atoms with Crippen molar-refractivity contribution in [1.29, 1.82) is 0 Å². The molecule has 0 saturated carbocycles. The Kier molecular flexibility index (Phi) is 2.78. The highest BCUT2D eigenvalue weighted by molar-refractivity contribution is 6.07. The summed E-state index contributed by atoms with van der Waals surface area (Å²) in [4.78, 5) is 4.07. The Balaban J connectivity index is 2.48. The highest BCUT2D eigenvalue weighted by Gasteiger charge is 2.16. The van der Waals surface area contributed by atoms with Gasteiger partial charge in [-0.2, -0.15) is 0 Å². The molecule has 1 aromatic heterocycles. The lowest BCUT2D eigenvalue weighted by molar-refractivity contribution is 0.148. The van der Waals surface area contributed by atoms with E-state index in [1.54, 1.807) is 30.3 Å². The molecule has 2 nitrogen and oxygen atoms in total. The van der Waals surface area contributed by atoms with Crippen LogP contribution in [-0.2, 0) is 0 Å². The van der Waals surface area contributed by atoms with Gasteiger partial charge in [-0.15, -0.1) is 0 Å². The van der Waals surface area contributed by atoms with E-state index in [1.807, 2.05) is 12.1 Å². The zero-order valence-corrected chi connectivity index (χ0v) is 10.2. The van der Waals surface area contributed by atoms with Gasteiger partial charge in [0.2, 0.25) is 0 Å². The lowest BCUT2D eigenvalue weighted by Crippen LogP contribution is -1.95. The van der Waals surface area contributed by atoms with Gasteiger partial charge in [-0.05, 0) is 29.7 Å². The second-order valence-electron chi connectivity index (χ2n) is 4.23. The van der Waals surface area contributed by atoms with Crippen molar-refractivity contribution in [2.24, 2.45) is 0 Å². The smallest absolute Gasteiger partial charge is 0.281 e. The van der Waals surface area contributed by atoms with Gasteiger partial charge in [-0.25, -0.2) is 13.8 Å². The predicted octanol–water partition coefficient (Wildman–Crippen LogP) is 4.33. The maximum atomic E-state index is 13.2. The number of nitrogens with zero attached hydrogens (tertiary/aromatic N) is 1. The Morgan fingerprint density at radius 2 is 1.79 bits per heavy atom. The van der Waals surface area contributed by atoms with E-state index >= 15 is 0 Å². The number of hydrogen-bond donors (Lipinski definition) is 0. The van der Waals surface area contributed by atoms with Crippen LogP contribution < -0.4 is 4.74 Å². The quantitative estimate of drug-likeness (QED) is 0.639. The highest BCUT2D eigenvalue weighted by atomic mass is 19.3. The fourth-order valence-electron chi connectivity index (χ4n) is 2.25. The van der Waals surface area contributed by atoms with E-state index < -0.39 is 6.43 Å². The first kappa shape index (κ1) is 11.8. The van der Waals surface area contributed by atoms with Crippen LogP contribution in [0.1, 0.15) is 12.1 Å². The van der Waals surface area contributed by atoms with Crippen molar-refractivity contribution in [2.45, 2.75) is 6.43 Å². The van der Waals surface area contributed by atoms with Crippen LogP contribution in [-0.4, -0.2) is 12.1 Å². The van der Waals surface area contributed by atoms with E-state index in [1.165, 1.54) is 7.11 Å². The average Bonchev–Trinajstić information content (AvgIpc) is 2.45. The number of pyridine rings is 1. The van der Waals surface area contributed by atoms with Crippen molar-refractivity contribution >= 4 is 21.7 Å². The Bertz CT molecular complexity index is 756. The molecule has 0 saturated heterocycles. The summed E-state index contributed by atoms with van der Waals surface area (Å²) in [6.45, 7) is 0. The summed E-state index contributed by atoms with van der Waals surface area (Å²) in [5.74, 6) is 0.548. The van der Waals surface area contributed by atoms with Gasteiger partial charge in [0.1, 0.15) is 11.4 Å². The highest BCUT2D eigenvalue weighted by Crippen LogP contribution is 2.33. The van der Waals surface area contributed by atoms with Gasteiger partial charge in [-0.1, -0.05) is 18.2 Å². The fraction of sp³-hybridized carbons (Fsp3) is 0.133. The molecule has 0 unspecified atom stereocenters. The molecule has 2 aromatic carbocycles. The number of fused-ring (bicyclic) bond motifs is 3. The molecular formula is C15H11F2NO. The number of hydrogen-bond acceptors (Lipinski definition) is 2. The van der Waals surface area contributed by atoms with E-state index in [4.69, 9.17) is 4.74 Å². The Morgan fingerprint density at radius 3 is 2.53 bits per heavy atom. The van der Waals surface area contributed by atoms with Crippen LogP contribution in [0, 0.1) is 0 Å². The van der Waals surface area contributed by atoms with E-state index in [0.29, 0.717) is 16.7 Å². The minimum absolute atomic E-state index is 0.201. The minimum atomic E-state index is -2.61. The molecule has 0 radical (unpaired) electrons. The maximum absolute atomic E-state index is 13.2. The normalized spacial score (nSPS) is 11.4. The number of methoxy groups -OCH3 is 1. The first-order valence-electron chi connectivity index (χ1n) is 5.85. The maximum Gasteiger partial charge on any atom is 0.281 e. The summed E-state index contributed by atoms with van der Waals surface area (Å²) < 4.78 is 31.4. The Morgan fingerprint density at radius 1 is 1.00 bits per heavy atom. The van der Waals surface area contributed by atoms with Gasteiger partial charge in [0.25, 0.3) is 6.43 Å². The molecule has 0 bridgehead atoms. The molecule has 0 spiro atoms. The average molecular weight is 259 g/mol. The second-order valence-corrected chi connectivity index (χ2v) is 4.23. The Hall–Kier alpha value is -2.23. The molecule has 0 aliphatic rings. The summed E-state index contributed by atoms with van der Waals surface area (Å²) in [6.07, 6.45) is -2.61. The number of alkyl halides is 2. The zero-order valence-electron chi connectivity index (χ0n) is 10.2. The first-order chi connectivity index (χ1) is 9.20. The lowest BCUT2D eigenvalue weighted by Gasteiger charge is -2.10. The van der Waals surface area contributed by atoms with E-state index in [2.05, 4.69) is 4.98 Å². The number of benzene rings is 2. The van der Waals surface area contributed by atoms with Crippen molar-refractivity contribution in [3.8, 4) is 5.75 Å². The van der Waals surface area contributed by atoms with Crippen LogP contribution >= 0.6 is 0 Å². The third-order valence-electron chi connectivity index (χ3n) is 3.14. The summed E-state index contributed by atoms with van der Waals surface area (Å²) in [5.41, 5.74) is 0.378. The SMILES string of the molecule is COc1ccc2c(c1)c(C(F)F)nc1ccccc12. The molecular weight excluding hydrogens is 248 g/mol. The summed E-state index contributed by atoms with van der Waals surface area (Å²) in [6, 6.07) is 12.5. The molecule has 0 aliphatic heterocycles. The van der Waals surface area contributed by atoms with E-state index in [9.17, 15) is 8.78 Å². The molecule has 0 fully saturated rings. The van der Waals surface area contributed by atoms with Crippen LogP contribution in [0.3, 0.4) is 0 Å². The van der Waals surface area contributed by atoms with Gasteiger partial charge >= 0.3 is 0 Å². The van der Waals surface area contributed by atoms with Crippen LogP contribution in [0.15, 0.2) is 42.5 Å². The summed E-state index contributed by atoms with van der Waals surface area (Å²) >= 11 is 0. The van der Waals surface area contributed by atoms with Crippen molar-refractivity contribution in [3.05, 3.63) is 48.2 Å². The summed E-state index contributed by atoms with van der Waals surface area (Å²) in [5, 5.41) is 2.07. The lowest BCUT2D eigenvalue weighted by atomic mass is 10.0. The molecule has 4 heteroatoms. The van der Waals surface area contributed by atoms with Crippen LogP contribution in [0.5, 0.6) is 5.75 Å². The third-order valence-corrected chi connectivity index (χ3v) is 3.14. The van der Waals surface area contributed by atoms with Crippen molar-refractivity contribution < 1.29 is 13.5 Å². The van der Waals surface area contributed by atoms with Crippen LogP contribution in [0.4, 0.5) is 8.78 Å². The van der Waals surface area contributed by atoms with Crippen LogP contribution in [0.25, 0.3) is 21.7 Å². The van der Waals surface area contributed by atoms with Gasteiger partial charge < -0.3 is 4.74 Å². The number of para-hydroxylation sites is 1. The first-order valence-corrected chi connectivity index (χ1v) is 5.85. The summed E-state index contributed by atoms with van der Waals surface area (Å²) in [7, 11) is 1.51. The molecule has 3 rings (SSSR count). The van der Waals surface area contributed by atoms with Crippen molar-refractivity contribution in [1.82, 2.24) is 4.98 Å². The molecule has 0 aliphatic carbocycles. The number of halogens is 2. The number of ether oxygens (including phenoxy) is 1. The van der Waals surface area contributed by atoms with Gasteiger partial charge in [0.05, 0.1) is 12.6 Å². The monoisotopic (exact) mass is 259 g/mol. The molecule has 0 N–H and O–H groups in total. The molecule has 0 atom stereocenters. The van der Waals surface area contributed by atoms with Crippen molar-refractivity contribution in [3.63, 3.8) is 0 Å². The molecule has 96 valence electrons. The van der Waals surface area contributed by atoms with E-state index in [-0.39, 0.29) is 5.69 Å². The molecule has 0 amide bonds. The largest absolute Gasteiger partial charge is 0.497 e. The molecule has 1 heterocycles. The molecule has 19 heavy (non-hydrogen) atoms.